The number of rotatable bonds is 4. The van der Waals surface area contributed by atoms with Gasteiger partial charge in [0.2, 0.25) is 0 Å². The Kier molecular flexibility index (Phi) is 4.72. The molecule has 6 rings (SSSR count). The maximum atomic E-state index is 13.8. The highest BCUT2D eigenvalue weighted by Gasteiger charge is 2.49. The van der Waals surface area contributed by atoms with Crippen LogP contribution in [0.15, 0.2) is 97.6 Å². The average Bonchev–Trinajstić information content (AvgIpc) is 2.89. The Balaban J connectivity index is 1.54. The summed E-state index contributed by atoms with van der Waals surface area (Å²) in [5, 5.41) is 0. The quantitative estimate of drug-likeness (QED) is 0.390. The van der Waals surface area contributed by atoms with Crippen molar-refractivity contribution in [2.45, 2.75) is 30.1 Å². The highest BCUT2D eigenvalue weighted by molar-refractivity contribution is 6.04. The van der Waals surface area contributed by atoms with Crippen molar-refractivity contribution in [1.82, 2.24) is 9.97 Å². The van der Waals surface area contributed by atoms with Crippen LogP contribution >= 0.6 is 0 Å². The molecule has 4 nitrogen and oxygen atoms in total. The summed E-state index contributed by atoms with van der Waals surface area (Å²) in [6.07, 6.45) is 7.45. The van der Waals surface area contributed by atoms with Gasteiger partial charge in [0, 0.05) is 35.9 Å². The van der Waals surface area contributed by atoms with Gasteiger partial charge in [-0.1, -0.05) is 48.5 Å². The van der Waals surface area contributed by atoms with Gasteiger partial charge in [0.15, 0.2) is 11.6 Å². The Hall–Kier alpha value is -3.92. The molecule has 2 aromatic carbocycles. The monoisotopic (exact) mass is 430 g/mol. The van der Waals surface area contributed by atoms with E-state index in [-0.39, 0.29) is 35.2 Å². The van der Waals surface area contributed by atoms with E-state index >= 15 is 0 Å². The lowest BCUT2D eigenvalue weighted by Crippen LogP contribution is -2.37. The summed E-state index contributed by atoms with van der Waals surface area (Å²) in [6, 6.07) is 23.5. The number of ketones is 2. The molecule has 4 atom stereocenters. The topological polar surface area (TPSA) is 59.9 Å². The van der Waals surface area contributed by atoms with Crippen LogP contribution in [0.1, 0.15) is 73.1 Å². The van der Waals surface area contributed by atoms with Gasteiger partial charge < -0.3 is 0 Å². The number of fused-ring (bicyclic) bond motifs is 6. The zero-order valence-corrected chi connectivity index (χ0v) is 18.0. The fourth-order valence-corrected chi connectivity index (χ4v) is 5.90. The van der Waals surface area contributed by atoms with E-state index in [2.05, 4.69) is 34.2 Å². The van der Waals surface area contributed by atoms with Gasteiger partial charge in [-0.05, 0) is 64.8 Å². The van der Waals surface area contributed by atoms with Gasteiger partial charge in [-0.15, -0.1) is 0 Å². The van der Waals surface area contributed by atoms with E-state index in [4.69, 9.17) is 0 Å². The summed E-state index contributed by atoms with van der Waals surface area (Å²) < 4.78 is 0. The molecule has 2 aliphatic rings. The fraction of sp³-hybridized carbons (Fsp3) is 0.172. The molecule has 0 aliphatic heterocycles. The SMILES string of the molecule is O=C(c1ccncc1)[C@H]1c2ccccc2[C@@H]2C[C@H]1c1ccccc1[C@@H]2C(=O)c1ccncc1. The normalized spacial score (nSPS) is 22.7. The van der Waals surface area contributed by atoms with Crippen molar-refractivity contribution in [3.05, 3.63) is 131 Å². The predicted molar refractivity (Wildman–Crippen MR) is 126 cm³/mol. The Morgan fingerprint density at radius 3 is 1.30 bits per heavy atom. The molecule has 0 amide bonds. The van der Waals surface area contributed by atoms with Crippen molar-refractivity contribution >= 4 is 11.6 Å². The maximum absolute atomic E-state index is 13.8. The molecule has 4 heteroatoms. The second kappa shape index (κ2) is 7.89. The summed E-state index contributed by atoms with van der Waals surface area (Å²) in [7, 11) is 0. The first-order valence-corrected chi connectivity index (χ1v) is 11.3. The van der Waals surface area contributed by atoms with Gasteiger partial charge in [-0.3, -0.25) is 19.6 Å². The van der Waals surface area contributed by atoms with Gasteiger partial charge in [0.1, 0.15) is 0 Å². The van der Waals surface area contributed by atoms with Crippen molar-refractivity contribution in [2.75, 3.05) is 0 Å². The van der Waals surface area contributed by atoms with Crippen molar-refractivity contribution in [3.63, 3.8) is 0 Å². The van der Waals surface area contributed by atoms with Crippen LogP contribution in [0, 0.1) is 0 Å². The number of Topliss-reactive ketones (excluding diaryl/α,β-unsaturated/α-hetero) is 2. The average molecular weight is 431 g/mol. The minimum Gasteiger partial charge on any atom is -0.293 e. The summed E-state index contributed by atoms with van der Waals surface area (Å²) in [6.45, 7) is 0. The molecule has 2 heterocycles. The fourth-order valence-electron chi connectivity index (χ4n) is 5.90. The smallest absolute Gasteiger partial charge is 0.171 e. The minimum atomic E-state index is -0.280. The lowest BCUT2D eigenvalue weighted by molar-refractivity contribution is 0.0908. The zero-order valence-electron chi connectivity index (χ0n) is 18.0. The molecule has 0 unspecified atom stereocenters. The van der Waals surface area contributed by atoms with E-state index in [1.165, 1.54) is 0 Å². The molecule has 2 aliphatic carbocycles. The van der Waals surface area contributed by atoms with E-state index in [9.17, 15) is 9.59 Å². The molecular weight excluding hydrogens is 408 g/mol. The van der Waals surface area contributed by atoms with Crippen LogP contribution in [0.4, 0.5) is 0 Å². The first kappa shape index (κ1) is 19.7. The van der Waals surface area contributed by atoms with Gasteiger partial charge in [0.05, 0.1) is 11.8 Å². The molecular formula is C29H22N2O2. The first-order chi connectivity index (χ1) is 16.2. The van der Waals surface area contributed by atoms with E-state index in [0.717, 1.165) is 28.7 Å². The van der Waals surface area contributed by atoms with Crippen molar-refractivity contribution in [2.24, 2.45) is 0 Å². The van der Waals surface area contributed by atoms with Crippen molar-refractivity contribution in [3.8, 4) is 0 Å². The number of benzene rings is 2. The van der Waals surface area contributed by atoms with Crippen LogP contribution in [0.2, 0.25) is 0 Å². The molecule has 0 fully saturated rings. The molecule has 33 heavy (non-hydrogen) atoms. The third-order valence-corrected chi connectivity index (χ3v) is 7.27. The van der Waals surface area contributed by atoms with Crippen LogP contribution in [-0.2, 0) is 0 Å². The number of nitrogens with zero attached hydrogens (tertiary/aromatic N) is 2. The van der Waals surface area contributed by atoms with Crippen LogP contribution in [0.3, 0.4) is 0 Å². The van der Waals surface area contributed by atoms with Crippen molar-refractivity contribution in [1.29, 1.82) is 0 Å². The predicted octanol–water partition coefficient (Wildman–Crippen LogP) is 5.69. The van der Waals surface area contributed by atoms with Crippen molar-refractivity contribution < 1.29 is 9.59 Å². The summed E-state index contributed by atoms with van der Waals surface area (Å²) in [4.78, 5) is 35.8. The van der Waals surface area contributed by atoms with Crippen LogP contribution in [0.25, 0.3) is 0 Å². The second-order valence-electron chi connectivity index (χ2n) is 8.86. The number of carbonyl (C=O) groups is 2. The van der Waals surface area contributed by atoms with Crippen LogP contribution in [0.5, 0.6) is 0 Å². The summed E-state index contributed by atoms with van der Waals surface area (Å²) >= 11 is 0. The number of aromatic nitrogens is 2. The molecule has 0 saturated heterocycles. The van der Waals surface area contributed by atoms with Crippen LogP contribution in [-0.4, -0.2) is 21.5 Å². The Bertz CT molecular complexity index is 1250. The maximum Gasteiger partial charge on any atom is 0.171 e. The van der Waals surface area contributed by atoms with Gasteiger partial charge in [0.25, 0.3) is 0 Å². The molecule has 2 bridgehead atoms. The molecule has 0 N–H and O–H groups in total. The second-order valence-corrected chi connectivity index (χ2v) is 8.86. The largest absolute Gasteiger partial charge is 0.293 e. The van der Waals surface area contributed by atoms with Gasteiger partial charge in [-0.2, -0.15) is 0 Å². The molecule has 0 radical (unpaired) electrons. The lowest BCUT2D eigenvalue weighted by atomic mass is 9.56. The standard InChI is InChI=1S/C29H22N2O2/c32-28(18-9-13-30-14-10-18)26-22-7-3-1-5-20(22)24-17-25(26)21-6-2-4-8-23(21)27(24)29(33)19-11-15-31-16-12-19/h1-16,24-27H,17H2/t24-,25-,26-,27-/m0/s1. The Labute approximate surface area is 192 Å². The lowest BCUT2D eigenvalue weighted by Gasteiger charge is -2.46. The molecule has 2 aromatic heterocycles. The summed E-state index contributed by atoms with van der Waals surface area (Å²) in [5.74, 6) is -0.272. The minimum absolute atomic E-state index is 0.0308. The summed E-state index contributed by atoms with van der Waals surface area (Å²) in [5.41, 5.74) is 5.67. The highest BCUT2D eigenvalue weighted by atomic mass is 16.1. The van der Waals surface area contributed by atoms with Crippen LogP contribution < -0.4 is 0 Å². The van der Waals surface area contributed by atoms with E-state index in [1.807, 2.05) is 24.3 Å². The third-order valence-electron chi connectivity index (χ3n) is 7.27. The zero-order chi connectivity index (χ0) is 22.4. The third kappa shape index (κ3) is 3.13. The van der Waals surface area contributed by atoms with Gasteiger partial charge in [-0.25, -0.2) is 0 Å². The Morgan fingerprint density at radius 1 is 0.545 bits per heavy atom. The molecule has 4 aromatic rings. The molecule has 0 saturated carbocycles. The molecule has 0 spiro atoms. The number of pyridine rings is 2. The number of hydrogen-bond donors (Lipinski definition) is 0. The van der Waals surface area contributed by atoms with Gasteiger partial charge >= 0.3 is 0 Å². The van der Waals surface area contributed by atoms with E-state index < -0.39 is 0 Å². The highest BCUT2D eigenvalue weighted by Crippen LogP contribution is 2.58. The molecule has 160 valence electrons. The first-order valence-electron chi connectivity index (χ1n) is 11.3. The number of carbonyl (C=O) groups excluding carboxylic acids is 2. The van der Waals surface area contributed by atoms with E-state index in [0.29, 0.717) is 11.1 Å². The Morgan fingerprint density at radius 2 is 0.909 bits per heavy atom. The van der Waals surface area contributed by atoms with E-state index in [1.54, 1.807) is 49.1 Å². The number of hydrogen-bond acceptors (Lipinski definition) is 4.